The molecule has 19 heavy (non-hydrogen) atoms. The average Bonchev–Trinajstić information content (AvgIpc) is 2.75. The van der Waals surface area contributed by atoms with Crippen molar-refractivity contribution in [3.8, 4) is 0 Å². The molecule has 0 saturated heterocycles. The minimum absolute atomic E-state index is 0.160. The smallest absolute Gasteiger partial charge is 0.126 e. The predicted octanol–water partition coefficient (Wildman–Crippen LogP) is 4.37. The van der Waals surface area contributed by atoms with Crippen LogP contribution in [0.4, 0.5) is 10.1 Å². The highest BCUT2D eigenvalue weighted by Crippen LogP contribution is 2.27. The summed E-state index contributed by atoms with van der Waals surface area (Å²) in [6.45, 7) is 1.78. The number of anilines is 1. The first-order chi connectivity index (χ1) is 9.11. The van der Waals surface area contributed by atoms with Gasteiger partial charge in [-0.2, -0.15) is 0 Å². The SMILES string of the molecule is Cc1cc(NC2Cc3ccc(Cl)cc3C2)ccc1F. The van der Waals surface area contributed by atoms with Crippen molar-refractivity contribution in [3.05, 3.63) is 63.9 Å². The summed E-state index contributed by atoms with van der Waals surface area (Å²) in [6, 6.07) is 11.6. The highest BCUT2D eigenvalue weighted by atomic mass is 35.5. The third-order valence-corrected chi connectivity index (χ3v) is 3.86. The lowest BCUT2D eigenvalue weighted by Gasteiger charge is -2.14. The van der Waals surface area contributed by atoms with Crippen LogP contribution in [0.3, 0.4) is 0 Å². The molecule has 1 unspecified atom stereocenters. The summed E-state index contributed by atoms with van der Waals surface area (Å²) in [5.41, 5.74) is 4.30. The van der Waals surface area contributed by atoms with Crippen molar-refractivity contribution in [1.82, 2.24) is 0 Å². The van der Waals surface area contributed by atoms with Crippen LogP contribution < -0.4 is 5.32 Å². The van der Waals surface area contributed by atoms with Crippen LogP contribution in [0.15, 0.2) is 36.4 Å². The van der Waals surface area contributed by atoms with E-state index in [0.29, 0.717) is 11.6 Å². The largest absolute Gasteiger partial charge is 0.382 e. The minimum Gasteiger partial charge on any atom is -0.382 e. The normalized spacial score (nSPS) is 17.3. The van der Waals surface area contributed by atoms with E-state index in [9.17, 15) is 4.39 Å². The highest BCUT2D eigenvalue weighted by Gasteiger charge is 2.21. The van der Waals surface area contributed by atoms with Crippen molar-refractivity contribution in [3.63, 3.8) is 0 Å². The summed E-state index contributed by atoms with van der Waals surface area (Å²) in [4.78, 5) is 0. The van der Waals surface area contributed by atoms with E-state index in [1.807, 2.05) is 18.2 Å². The fourth-order valence-electron chi connectivity index (χ4n) is 2.66. The predicted molar refractivity (Wildman–Crippen MR) is 77.4 cm³/mol. The molecule has 0 amide bonds. The Bertz CT molecular complexity index is 624. The minimum atomic E-state index is -0.160. The van der Waals surface area contributed by atoms with Crippen LogP contribution in [0.1, 0.15) is 16.7 Å². The van der Waals surface area contributed by atoms with Crippen LogP contribution in [0.25, 0.3) is 0 Å². The molecule has 3 heteroatoms. The first-order valence-corrected chi connectivity index (χ1v) is 6.79. The summed E-state index contributed by atoms with van der Waals surface area (Å²) in [5, 5.41) is 4.25. The Morgan fingerprint density at radius 2 is 1.89 bits per heavy atom. The van der Waals surface area contributed by atoms with E-state index in [4.69, 9.17) is 11.6 Å². The third kappa shape index (κ3) is 2.59. The molecular weight excluding hydrogens is 261 g/mol. The van der Waals surface area contributed by atoms with Gasteiger partial charge >= 0.3 is 0 Å². The van der Waals surface area contributed by atoms with Gasteiger partial charge in [0.2, 0.25) is 0 Å². The monoisotopic (exact) mass is 275 g/mol. The number of rotatable bonds is 2. The summed E-state index contributed by atoms with van der Waals surface area (Å²) in [7, 11) is 0. The molecule has 0 fully saturated rings. The lowest BCUT2D eigenvalue weighted by Crippen LogP contribution is -2.19. The van der Waals surface area contributed by atoms with Crippen molar-refractivity contribution >= 4 is 17.3 Å². The van der Waals surface area contributed by atoms with Crippen molar-refractivity contribution < 1.29 is 4.39 Å². The number of hydrogen-bond donors (Lipinski definition) is 1. The zero-order valence-corrected chi connectivity index (χ0v) is 11.5. The van der Waals surface area contributed by atoms with E-state index in [2.05, 4.69) is 11.4 Å². The number of fused-ring (bicyclic) bond motifs is 1. The Hall–Kier alpha value is -1.54. The summed E-state index contributed by atoms with van der Waals surface area (Å²) in [6.07, 6.45) is 1.95. The van der Waals surface area contributed by atoms with Gasteiger partial charge in [0.15, 0.2) is 0 Å². The molecule has 98 valence electrons. The Balaban J connectivity index is 1.75. The van der Waals surface area contributed by atoms with Gasteiger partial charge in [0.05, 0.1) is 0 Å². The van der Waals surface area contributed by atoms with Gasteiger partial charge in [0.25, 0.3) is 0 Å². The number of halogens is 2. The van der Waals surface area contributed by atoms with Crippen LogP contribution in [0.2, 0.25) is 5.02 Å². The second kappa shape index (κ2) is 4.86. The molecule has 0 heterocycles. The summed E-state index contributed by atoms with van der Waals surface area (Å²) >= 11 is 6.01. The van der Waals surface area contributed by atoms with Gasteiger partial charge in [-0.3, -0.25) is 0 Å². The lowest BCUT2D eigenvalue weighted by molar-refractivity contribution is 0.618. The molecule has 1 nitrogen and oxygen atoms in total. The molecule has 0 aliphatic heterocycles. The molecule has 3 rings (SSSR count). The molecule has 0 spiro atoms. The van der Waals surface area contributed by atoms with Crippen LogP contribution >= 0.6 is 11.6 Å². The van der Waals surface area contributed by atoms with E-state index in [0.717, 1.165) is 23.6 Å². The topological polar surface area (TPSA) is 12.0 Å². The lowest BCUT2D eigenvalue weighted by atomic mass is 10.1. The van der Waals surface area contributed by atoms with Crippen molar-refractivity contribution in [2.75, 3.05) is 5.32 Å². The Morgan fingerprint density at radius 3 is 2.68 bits per heavy atom. The maximum Gasteiger partial charge on any atom is 0.126 e. The van der Waals surface area contributed by atoms with E-state index in [1.54, 1.807) is 13.0 Å². The zero-order valence-electron chi connectivity index (χ0n) is 10.7. The first kappa shape index (κ1) is 12.5. The fourth-order valence-corrected chi connectivity index (χ4v) is 2.85. The zero-order chi connectivity index (χ0) is 13.4. The van der Waals surface area contributed by atoms with Gasteiger partial charge < -0.3 is 5.32 Å². The summed E-state index contributed by atoms with van der Waals surface area (Å²) in [5.74, 6) is -0.160. The molecular formula is C16H15ClFN. The van der Waals surface area contributed by atoms with Gasteiger partial charge in [-0.1, -0.05) is 17.7 Å². The van der Waals surface area contributed by atoms with E-state index < -0.39 is 0 Å². The molecule has 2 aromatic carbocycles. The average molecular weight is 276 g/mol. The second-order valence-corrected chi connectivity index (χ2v) is 5.56. The third-order valence-electron chi connectivity index (χ3n) is 3.63. The number of hydrogen-bond acceptors (Lipinski definition) is 1. The van der Waals surface area contributed by atoms with Crippen molar-refractivity contribution in [2.45, 2.75) is 25.8 Å². The van der Waals surface area contributed by atoms with Gasteiger partial charge in [0.1, 0.15) is 5.82 Å². The van der Waals surface area contributed by atoms with Gasteiger partial charge in [-0.15, -0.1) is 0 Å². The molecule has 0 saturated carbocycles. The molecule has 1 atom stereocenters. The second-order valence-electron chi connectivity index (χ2n) is 5.13. The molecule has 2 aromatic rings. The Labute approximate surface area is 117 Å². The summed E-state index contributed by atoms with van der Waals surface area (Å²) < 4.78 is 13.2. The molecule has 0 aromatic heterocycles. The number of nitrogens with one attached hydrogen (secondary N) is 1. The maximum atomic E-state index is 13.2. The molecule has 1 aliphatic rings. The molecule has 1 N–H and O–H groups in total. The van der Waals surface area contributed by atoms with Crippen LogP contribution in [0.5, 0.6) is 0 Å². The molecule has 1 aliphatic carbocycles. The van der Waals surface area contributed by atoms with Crippen molar-refractivity contribution in [2.24, 2.45) is 0 Å². The van der Waals surface area contributed by atoms with E-state index >= 15 is 0 Å². The number of benzene rings is 2. The van der Waals surface area contributed by atoms with Gasteiger partial charge in [0, 0.05) is 16.8 Å². The quantitative estimate of drug-likeness (QED) is 0.858. The van der Waals surface area contributed by atoms with Crippen LogP contribution in [-0.4, -0.2) is 6.04 Å². The van der Waals surface area contributed by atoms with Gasteiger partial charge in [-0.25, -0.2) is 4.39 Å². The van der Waals surface area contributed by atoms with E-state index in [-0.39, 0.29) is 5.82 Å². The highest BCUT2D eigenvalue weighted by molar-refractivity contribution is 6.30. The maximum absolute atomic E-state index is 13.2. The molecule has 0 bridgehead atoms. The van der Waals surface area contributed by atoms with E-state index in [1.165, 1.54) is 17.2 Å². The fraction of sp³-hybridized carbons (Fsp3) is 0.250. The Kier molecular flexibility index (Phi) is 3.19. The molecule has 0 radical (unpaired) electrons. The number of aryl methyl sites for hydroxylation is 1. The van der Waals surface area contributed by atoms with Crippen LogP contribution in [-0.2, 0) is 12.8 Å². The Morgan fingerprint density at radius 1 is 1.11 bits per heavy atom. The standard InChI is InChI=1S/C16H15ClFN/c1-10-6-14(4-5-16(10)18)19-15-8-11-2-3-13(17)7-12(11)9-15/h2-7,15,19H,8-9H2,1H3. The first-order valence-electron chi connectivity index (χ1n) is 6.42. The van der Waals surface area contributed by atoms with Gasteiger partial charge in [-0.05, 0) is 66.8 Å². The van der Waals surface area contributed by atoms with Crippen molar-refractivity contribution in [1.29, 1.82) is 0 Å². The van der Waals surface area contributed by atoms with Crippen LogP contribution in [0, 0.1) is 12.7 Å².